The second-order valence-corrected chi connectivity index (χ2v) is 6.99. The van der Waals surface area contributed by atoms with Crippen LogP contribution in [-0.2, 0) is 0 Å². The molecule has 2 aromatic rings. The first-order valence-electron chi connectivity index (χ1n) is 7.69. The molecule has 2 rings (SSSR count). The van der Waals surface area contributed by atoms with Crippen molar-refractivity contribution in [1.82, 2.24) is 0 Å². The molecule has 0 saturated carbocycles. The summed E-state index contributed by atoms with van der Waals surface area (Å²) >= 11 is 1.81. The summed E-state index contributed by atoms with van der Waals surface area (Å²) in [5.74, 6) is 0. The quantitative estimate of drug-likeness (QED) is 0.541. The van der Waals surface area contributed by atoms with E-state index in [1.54, 1.807) is 0 Å². The van der Waals surface area contributed by atoms with Crippen LogP contribution >= 0.6 is 11.8 Å². The fourth-order valence-electron chi connectivity index (χ4n) is 2.12. The number of hydrogen-bond acceptors (Lipinski definition) is 1. The van der Waals surface area contributed by atoms with Crippen molar-refractivity contribution in [3.05, 3.63) is 77.4 Å². The number of allylic oxidation sites excluding steroid dienone is 4. The number of rotatable bonds is 5. The highest BCUT2D eigenvalue weighted by Gasteiger charge is 1.99. The van der Waals surface area contributed by atoms with Crippen molar-refractivity contribution in [2.45, 2.75) is 43.9 Å². The molecule has 22 heavy (non-hydrogen) atoms. The molecule has 0 heterocycles. The predicted octanol–water partition coefficient (Wildman–Crippen LogP) is 6.91. The Morgan fingerprint density at radius 1 is 0.818 bits per heavy atom. The molecule has 0 bridgehead atoms. The highest BCUT2D eigenvalue weighted by molar-refractivity contribution is 7.99. The lowest BCUT2D eigenvalue weighted by Crippen LogP contribution is -1.81. The molecule has 0 unspecified atom stereocenters. The minimum absolute atomic E-state index is 1.01. The molecule has 0 nitrogen and oxygen atoms in total. The van der Waals surface area contributed by atoms with Crippen molar-refractivity contribution in [2.75, 3.05) is 0 Å². The van der Waals surface area contributed by atoms with Crippen molar-refractivity contribution < 1.29 is 0 Å². The Hall–Kier alpha value is -1.73. The monoisotopic (exact) mass is 308 g/mol. The number of aryl methyl sites for hydroxylation is 1. The maximum atomic E-state index is 2.29. The smallest absolute Gasteiger partial charge is 0.0122 e. The van der Waals surface area contributed by atoms with Gasteiger partial charge in [0.2, 0.25) is 0 Å². The summed E-state index contributed by atoms with van der Waals surface area (Å²) in [5.41, 5.74) is 5.31. The van der Waals surface area contributed by atoms with E-state index in [4.69, 9.17) is 0 Å². The molecular weight excluding hydrogens is 284 g/mol. The summed E-state index contributed by atoms with van der Waals surface area (Å²) in [6.07, 6.45) is 5.55. The van der Waals surface area contributed by atoms with Gasteiger partial charge in [-0.1, -0.05) is 59.3 Å². The van der Waals surface area contributed by atoms with E-state index in [9.17, 15) is 0 Å². The van der Waals surface area contributed by atoms with Crippen LogP contribution in [-0.4, -0.2) is 0 Å². The van der Waals surface area contributed by atoms with Crippen molar-refractivity contribution in [3.8, 4) is 0 Å². The number of benzene rings is 2. The summed E-state index contributed by atoms with van der Waals surface area (Å²) in [7, 11) is 0. The summed E-state index contributed by atoms with van der Waals surface area (Å²) in [4.78, 5) is 2.57. The Morgan fingerprint density at radius 2 is 1.36 bits per heavy atom. The van der Waals surface area contributed by atoms with Crippen LogP contribution in [0.25, 0.3) is 5.57 Å². The maximum Gasteiger partial charge on any atom is 0.0122 e. The van der Waals surface area contributed by atoms with Crippen LogP contribution in [0.5, 0.6) is 0 Å². The van der Waals surface area contributed by atoms with Crippen LogP contribution in [0.3, 0.4) is 0 Å². The van der Waals surface area contributed by atoms with Gasteiger partial charge in [0, 0.05) is 9.79 Å². The van der Waals surface area contributed by atoms with Gasteiger partial charge in [-0.2, -0.15) is 0 Å². The molecule has 0 saturated heterocycles. The van der Waals surface area contributed by atoms with E-state index in [1.807, 2.05) is 11.8 Å². The van der Waals surface area contributed by atoms with Crippen LogP contribution in [0.2, 0.25) is 0 Å². The fourth-order valence-corrected chi connectivity index (χ4v) is 2.93. The molecule has 0 spiro atoms. The third-order valence-corrected chi connectivity index (χ3v) is 4.53. The molecule has 0 amide bonds. The molecule has 2 aromatic carbocycles. The average Bonchev–Trinajstić information content (AvgIpc) is 2.50. The number of hydrogen-bond donors (Lipinski definition) is 0. The predicted molar refractivity (Wildman–Crippen MR) is 99.4 cm³/mol. The Balaban J connectivity index is 2.03. The van der Waals surface area contributed by atoms with Gasteiger partial charge in [-0.25, -0.2) is 0 Å². The third-order valence-electron chi connectivity index (χ3n) is 3.52. The van der Waals surface area contributed by atoms with E-state index >= 15 is 0 Å². The highest BCUT2D eigenvalue weighted by atomic mass is 32.2. The van der Waals surface area contributed by atoms with Crippen LogP contribution in [0, 0.1) is 6.92 Å². The van der Waals surface area contributed by atoms with E-state index < -0.39 is 0 Å². The highest BCUT2D eigenvalue weighted by Crippen LogP contribution is 2.29. The van der Waals surface area contributed by atoms with Crippen LogP contribution in [0.15, 0.2) is 76.0 Å². The van der Waals surface area contributed by atoms with E-state index in [2.05, 4.69) is 88.4 Å². The van der Waals surface area contributed by atoms with Gasteiger partial charge in [-0.05, 0) is 69.5 Å². The van der Waals surface area contributed by atoms with Crippen molar-refractivity contribution in [2.24, 2.45) is 0 Å². The first-order valence-corrected chi connectivity index (χ1v) is 8.51. The molecule has 0 atom stereocenters. The van der Waals surface area contributed by atoms with Crippen molar-refractivity contribution in [1.29, 1.82) is 0 Å². The summed E-state index contributed by atoms with van der Waals surface area (Å²) < 4.78 is 0. The molecule has 114 valence electrons. The minimum atomic E-state index is 1.01. The summed E-state index contributed by atoms with van der Waals surface area (Å²) in [5, 5.41) is 0. The maximum absolute atomic E-state index is 2.29. The van der Waals surface area contributed by atoms with Gasteiger partial charge < -0.3 is 0 Å². The Morgan fingerprint density at radius 3 is 1.91 bits per heavy atom. The molecule has 1 heteroatoms. The van der Waals surface area contributed by atoms with Crippen LogP contribution < -0.4 is 0 Å². The van der Waals surface area contributed by atoms with Gasteiger partial charge in [-0.15, -0.1) is 0 Å². The van der Waals surface area contributed by atoms with Gasteiger partial charge in [-0.3, -0.25) is 0 Å². The second kappa shape index (κ2) is 8.05. The average molecular weight is 308 g/mol. The Labute approximate surface area is 139 Å². The largest absolute Gasteiger partial charge is 0.0901 e. The zero-order valence-corrected chi connectivity index (χ0v) is 14.7. The SMILES string of the molecule is CC(C)=CC/C=C(\C)c1ccc(Sc2ccc(C)cc2)cc1. The standard InChI is InChI=1S/C21H24S/c1-16(2)6-5-7-18(4)19-10-14-21(15-11-19)22-20-12-8-17(3)9-13-20/h6-15H,5H2,1-4H3/b18-7+. The second-order valence-electron chi connectivity index (χ2n) is 5.84. The van der Waals surface area contributed by atoms with Crippen LogP contribution in [0.4, 0.5) is 0 Å². The lowest BCUT2D eigenvalue weighted by molar-refractivity contribution is 1.27. The van der Waals surface area contributed by atoms with Gasteiger partial charge >= 0.3 is 0 Å². The first-order chi connectivity index (χ1) is 10.5. The fraction of sp³-hybridized carbons (Fsp3) is 0.238. The molecule has 0 aliphatic rings. The van der Waals surface area contributed by atoms with E-state index in [-0.39, 0.29) is 0 Å². The topological polar surface area (TPSA) is 0 Å². The minimum Gasteiger partial charge on any atom is -0.0901 e. The van der Waals surface area contributed by atoms with E-state index in [0.29, 0.717) is 0 Å². The summed E-state index contributed by atoms with van der Waals surface area (Å²) in [6, 6.07) is 17.5. The lowest BCUT2D eigenvalue weighted by Gasteiger charge is -2.05. The molecule has 0 fully saturated rings. The first kappa shape index (κ1) is 16.6. The Bertz CT molecular complexity index is 654. The molecule has 0 aromatic heterocycles. The zero-order valence-electron chi connectivity index (χ0n) is 13.9. The molecule has 0 aliphatic heterocycles. The van der Waals surface area contributed by atoms with Gasteiger partial charge in [0.05, 0.1) is 0 Å². The summed E-state index contributed by atoms with van der Waals surface area (Å²) in [6.45, 7) is 8.58. The van der Waals surface area contributed by atoms with Gasteiger partial charge in [0.15, 0.2) is 0 Å². The van der Waals surface area contributed by atoms with Crippen molar-refractivity contribution in [3.63, 3.8) is 0 Å². The zero-order chi connectivity index (χ0) is 15.9. The Kier molecular flexibility index (Phi) is 6.09. The van der Waals surface area contributed by atoms with E-state index in [0.717, 1.165) is 6.42 Å². The van der Waals surface area contributed by atoms with Crippen molar-refractivity contribution >= 4 is 17.3 Å². The molecule has 0 aliphatic carbocycles. The van der Waals surface area contributed by atoms with E-state index in [1.165, 1.54) is 32.1 Å². The normalized spacial score (nSPS) is 11.4. The lowest BCUT2D eigenvalue weighted by atomic mass is 10.1. The van der Waals surface area contributed by atoms with Gasteiger partial charge in [0.25, 0.3) is 0 Å². The molecular formula is C21H24S. The van der Waals surface area contributed by atoms with Crippen LogP contribution in [0.1, 0.15) is 38.3 Å². The van der Waals surface area contributed by atoms with Gasteiger partial charge in [0.1, 0.15) is 0 Å². The third kappa shape index (κ3) is 5.23. The molecule has 0 N–H and O–H groups in total. The molecule has 0 radical (unpaired) electrons.